The molecular formula is C32H28BN. The molecule has 1 nitrogen and oxygen atoms in total. The van der Waals surface area contributed by atoms with Crippen molar-refractivity contribution < 1.29 is 0 Å². The van der Waals surface area contributed by atoms with E-state index in [0.717, 1.165) is 5.70 Å². The van der Waals surface area contributed by atoms with Gasteiger partial charge >= 0.3 is 0 Å². The summed E-state index contributed by atoms with van der Waals surface area (Å²) in [6.45, 7) is 8.34. The van der Waals surface area contributed by atoms with Crippen molar-refractivity contribution in [1.82, 2.24) is 4.57 Å². The number of allylic oxidation sites excluding steroid dienone is 5. The van der Waals surface area contributed by atoms with E-state index in [1.165, 1.54) is 43.8 Å². The Morgan fingerprint density at radius 3 is 1.91 bits per heavy atom. The van der Waals surface area contributed by atoms with Crippen LogP contribution >= 0.6 is 0 Å². The fourth-order valence-corrected chi connectivity index (χ4v) is 4.98. The van der Waals surface area contributed by atoms with Crippen LogP contribution in [-0.4, -0.2) is 11.3 Å². The van der Waals surface area contributed by atoms with E-state index in [1.807, 2.05) is 6.08 Å². The number of rotatable bonds is 6. The van der Waals surface area contributed by atoms with Crippen LogP contribution in [-0.2, 0) is 0 Å². The SMILES string of the molecule is C=C/C=C(\C=C/C)n1c2ccc(C)cc2c2cc(B(c3ccccc3)c3ccccc3)ccc21. The lowest BCUT2D eigenvalue weighted by Gasteiger charge is -2.16. The Hall–Kier alpha value is -4.04. The van der Waals surface area contributed by atoms with Crippen molar-refractivity contribution in [1.29, 1.82) is 0 Å². The lowest BCUT2D eigenvalue weighted by molar-refractivity contribution is 1.23. The molecule has 0 amide bonds. The minimum Gasteiger partial charge on any atom is -0.309 e. The Bertz CT molecular complexity index is 1480. The van der Waals surface area contributed by atoms with Gasteiger partial charge < -0.3 is 4.57 Å². The van der Waals surface area contributed by atoms with Crippen LogP contribution in [0.4, 0.5) is 0 Å². The van der Waals surface area contributed by atoms with E-state index in [0.29, 0.717) is 0 Å². The number of hydrogen-bond donors (Lipinski definition) is 0. The highest BCUT2D eigenvalue weighted by Gasteiger charge is 2.23. The highest BCUT2D eigenvalue weighted by Crippen LogP contribution is 2.32. The summed E-state index contributed by atoms with van der Waals surface area (Å²) in [5.41, 5.74) is 8.68. The van der Waals surface area contributed by atoms with Crippen LogP contribution in [0.25, 0.3) is 27.5 Å². The van der Waals surface area contributed by atoms with Crippen molar-refractivity contribution in [2.75, 3.05) is 0 Å². The Kier molecular flexibility index (Phi) is 6.06. The van der Waals surface area contributed by atoms with Gasteiger partial charge in [-0.3, -0.25) is 0 Å². The molecule has 0 aliphatic heterocycles. The summed E-state index contributed by atoms with van der Waals surface area (Å²) in [5, 5.41) is 2.55. The Labute approximate surface area is 202 Å². The molecule has 0 radical (unpaired) electrons. The molecule has 0 fully saturated rings. The first-order chi connectivity index (χ1) is 16.7. The summed E-state index contributed by atoms with van der Waals surface area (Å²) in [4.78, 5) is 0. The summed E-state index contributed by atoms with van der Waals surface area (Å²) in [6.07, 6.45) is 8.15. The third-order valence-corrected chi connectivity index (χ3v) is 6.43. The first-order valence-electron chi connectivity index (χ1n) is 11.8. The first-order valence-corrected chi connectivity index (χ1v) is 11.8. The molecule has 1 aromatic heterocycles. The van der Waals surface area contributed by atoms with Crippen LogP contribution in [0, 0.1) is 6.92 Å². The number of hydrogen-bond acceptors (Lipinski definition) is 0. The second-order valence-corrected chi connectivity index (χ2v) is 8.71. The van der Waals surface area contributed by atoms with Gasteiger partial charge in [-0.25, -0.2) is 0 Å². The molecular weight excluding hydrogens is 409 g/mol. The van der Waals surface area contributed by atoms with Gasteiger partial charge in [0, 0.05) is 16.5 Å². The van der Waals surface area contributed by atoms with E-state index in [4.69, 9.17) is 0 Å². The third kappa shape index (κ3) is 3.93. The van der Waals surface area contributed by atoms with Crippen LogP contribution in [0.15, 0.2) is 128 Å². The third-order valence-electron chi connectivity index (χ3n) is 6.43. The molecule has 2 heteroatoms. The van der Waals surface area contributed by atoms with Gasteiger partial charge in [-0.2, -0.15) is 0 Å². The highest BCUT2D eigenvalue weighted by atomic mass is 15.0. The molecule has 0 spiro atoms. The van der Waals surface area contributed by atoms with Crippen molar-refractivity contribution in [3.05, 3.63) is 134 Å². The van der Waals surface area contributed by atoms with E-state index < -0.39 is 0 Å². The molecule has 0 aliphatic carbocycles. The van der Waals surface area contributed by atoms with Crippen molar-refractivity contribution in [2.45, 2.75) is 13.8 Å². The van der Waals surface area contributed by atoms with Gasteiger partial charge in [0.2, 0.25) is 6.71 Å². The molecule has 0 bridgehead atoms. The second-order valence-electron chi connectivity index (χ2n) is 8.71. The molecule has 5 aromatic rings. The lowest BCUT2D eigenvalue weighted by atomic mass is 9.37. The largest absolute Gasteiger partial charge is 0.309 e. The predicted molar refractivity (Wildman–Crippen MR) is 151 cm³/mol. The summed E-state index contributed by atoms with van der Waals surface area (Å²) in [5.74, 6) is 0. The molecule has 0 atom stereocenters. The van der Waals surface area contributed by atoms with Gasteiger partial charge in [-0.1, -0.05) is 120 Å². The van der Waals surface area contributed by atoms with Crippen LogP contribution in [0.3, 0.4) is 0 Å². The van der Waals surface area contributed by atoms with Crippen LogP contribution in [0.5, 0.6) is 0 Å². The van der Waals surface area contributed by atoms with Gasteiger partial charge in [-0.15, -0.1) is 0 Å². The summed E-state index contributed by atoms with van der Waals surface area (Å²) >= 11 is 0. The average Bonchev–Trinajstić information content (AvgIpc) is 3.18. The smallest absolute Gasteiger partial charge is 0.241 e. The number of nitrogens with zero attached hydrogens (tertiary/aromatic N) is 1. The zero-order valence-electron chi connectivity index (χ0n) is 19.8. The van der Waals surface area contributed by atoms with Gasteiger partial charge in [0.05, 0.1) is 11.0 Å². The van der Waals surface area contributed by atoms with Gasteiger partial charge in [-0.05, 0) is 44.2 Å². The molecule has 4 aromatic carbocycles. The normalized spacial score (nSPS) is 12.0. The predicted octanol–water partition coefficient (Wildman–Crippen LogP) is 6.22. The zero-order chi connectivity index (χ0) is 23.5. The quantitative estimate of drug-likeness (QED) is 0.220. The van der Waals surface area contributed by atoms with Gasteiger partial charge in [0.15, 0.2) is 0 Å². The highest BCUT2D eigenvalue weighted by molar-refractivity contribution is 6.95. The number of benzene rings is 4. The van der Waals surface area contributed by atoms with E-state index in [-0.39, 0.29) is 6.71 Å². The summed E-state index contributed by atoms with van der Waals surface area (Å²) < 4.78 is 2.34. The molecule has 0 saturated heterocycles. The number of aryl methyl sites for hydroxylation is 1. The van der Waals surface area contributed by atoms with Crippen LogP contribution in [0.2, 0.25) is 0 Å². The zero-order valence-corrected chi connectivity index (χ0v) is 19.8. The van der Waals surface area contributed by atoms with E-state index >= 15 is 0 Å². The lowest BCUT2D eigenvalue weighted by Crippen LogP contribution is -2.51. The number of fused-ring (bicyclic) bond motifs is 3. The van der Waals surface area contributed by atoms with E-state index in [2.05, 4.69) is 140 Å². The van der Waals surface area contributed by atoms with Crippen LogP contribution in [0.1, 0.15) is 12.5 Å². The number of aromatic nitrogens is 1. The molecule has 5 rings (SSSR count). The maximum atomic E-state index is 3.95. The summed E-state index contributed by atoms with van der Waals surface area (Å²) in [7, 11) is 0. The minimum atomic E-state index is 0.175. The fraction of sp³-hybridized carbons (Fsp3) is 0.0625. The Morgan fingerprint density at radius 2 is 1.32 bits per heavy atom. The molecule has 0 unspecified atom stereocenters. The van der Waals surface area contributed by atoms with E-state index in [9.17, 15) is 0 Å². The molecule has 0 saturated carbocycles. The molecule has 0 aliphatic rings. The Balaban J connectivity index is 1.81. The molecule has 1 heterocycles. The van der Waals surface area contributed by atoms with Gasteiger partial charge in [0.1, 0.15) is 0 Å². The molecule has 0 N–H and O–H groups in total. The summed E-state index contributed by atoms with van der Waals surface area (Å²) in [6, 6.07) is 35.3. The maximum absolute atomic E-state index is 3.95. The van der Waals surface area contributed by atoms with E-state index in [1.54, 1.807) is 0 Å². The maximum Gasteiger partial charge on any atom is 0.241 e. The van der Waals surface area contributed by atoms with Crippen molar-refractivity contribution in [3.63, 3.8) is 0 Å². The standard InChI is InChI=1S/C32H28BN/c1-4-12-28(13-5-2)34-31-20-18-24(3)22-29(31)30-23-27(19-21-32(30)34)33(25-14-8-6-9-15-25)26-16-10-7-11-17-26/h4-23H,1H2,2-3H3/b13-5-,28-12+. The Morgan fingerprint density at radius 1 is 0.735 bits per heavy atom. The van der Waals surface area contributed by atoms with Gasteiger partial charge in [0.25, 0.3) is 0 Å². The molecule has 34 heavy (non-hydrogen) atoms. The van der Waals surface area contributed by atoms with Crippen molar-refractivity contribution in [2.24, 2.45) is 0 Å². The molecule has 164 valence electrons. The van der Waals surface area contributed by atoms with Crippen molar-refractivity contribution >= 4 is 50.6 Å². The average molecular weight is 437 g/mol. The van der Waals surface area contributed by atoms with Crippen LogP contribution < -0.4 is 16.4 Å². The first kappa shape index (κ1) is 21.8. The minimum absolute atomic E-state index is 0.175. The fourth-order valence-electron chi connectivity index (χ4n) is 4.98. The monoisotopic (exact) mass is 437 g/mol. The van der Waals surface area contributed by atoms with Crippen molar-refractivity contribution in [3.8, 4) is 0 Å². The topological polar surface area (TPSA) is 4.93 Å². The second kappa shape index (κ2) is 9.45.